The van der Waals surface area contributed by atoms with Gasteiger partial charge in [-0.25, -0.2) is 14.6 Å². The predicted octanol–water partition coefficient (Wildman–Crippen LogP) is -1.22. The van der Waals surface area contributed by atoms with Gasteiger partial charge in [-0.1, -0.05) is 0 Å². The van der Waals surface area contributed by atoms with Crippen LogP contribution in [0.3, 0.4) is 0 Å². The number of rotatable bonds is 3. The van der Waals surface area contributed by atoms with Gasteiger partial charge < -0.3 is 14.9 Å². The molecule has 9 nitrogen and oxygen atoms in total. The zero-order chi connectivity index (χ0) is 15.4. The third-order valence-electron chi connectivity index (χ3n) is 2.52. The Balaban J connectivity index is 3.41. The van der Waals surface area contributed by atoms with E-state index in [-0.39, 0.29) is 5.56 Å². The Hall–Kier alpha value is -2.84. The van der Waals surface area contributed by atoms with Crippen LogP contribution in [0.25, 0.3) is 0 Å². The molecule has 2 N–H and O–H groups in total. The van der Waals surface area contributed by atoms with Crippen molar-refractivity contribution in [3.05, 3.63) is 38.4 Å². The number of carbonyl (C=O) groups is 1. The Morgan fingerprint density at radius 3 is 2.40 bits per heavy atom. The molecule has 0 aliphatic rings. The Morgan fingerprint density at radius 2 is 1.90 bits per heavy atom. The molecule has 9 heteroatoms. The van der Waals surface area contributed by atoms with Gasteiger partial charge in [-0.05, 0) is 0 Å². The minimum Gasteiger partial charge on any atom is -0.513 e. The third kappa shape index (κ3) is 2.60. The van der Waals surface area contributed by atoms with E-state index >= 15 is 0 Å². The van der Waals surface area contributed by atoms with E-state index < -0.39 is 28.8 Å². The monoisotopic (exact) mass is 283 g/mol. The number of hydrogen-bond acceptors (Lipinski definition) is 7. The summed E-state index contributed by atoms with van der Waals surface area (Å²) in [6.07, 6.45) is 1.25. The molecule has 0 aromatic carbocycles. The zero-order valence-corrected chi connectivity index (χ0v) is 11.0. The van der Waals surface area contributed by atoms with Gasteiger partial charge in [0.1, 0.15) is 11.8 Å². The average molecular weight is 283 g/mol. The van der Waals surface area contributed by atoms with Crippen LogP contribution in [0, 0.1) is 0 Å². The Kier molecular flexibility index (Phi) is 4.46. The molecule has 0 amide bonds. The van der Waals surface area contributed by atoms with Crippen LogP contribution in [0.15, 0.2) is 26.5 Å². The van der Waals surface area contributed by atoms with Gasteiger partial charge in [0.15, 0.2) is 5.70 Å². The topological polar surface area (TPSA) is 123 Å². The largest absolute Gasteiger partial charge is 0.513 e. The Bertz CT molecular complexity index is 710. The SMILES string of the molecule is COC(=O)/C(=C/O)N=Cc1c(O)n(C)c(=O)n(C)c1=O. The van der Waals surface area contributed by atoms with Crippen molar-refractivity contribution < 1.29 is 19.7 Å². The highest BCUT2D eigenvalue weighted by molar-refractivity contribution is 5.92. The fourth-order valence-corrected chi connectivity index (χ4v) is 1.35. The first kappa shape index (κ1) is 15.2. The van der Waals surface area contributed by atoms with E-state index in [0.717, 1.165) is 22.5 Å². The second-order valence-corrected chi connectivity index (χ2v) is 3.71. The Labute approximate surface area is 112 Å². The van der Waals surface area contributed by atoms with Crippen LogP contribution in [0.2, 0.25) is 0 Å². The summed E-state index contributed by atoms with van der Waals surface area (Å²) in [5.41, 5.74) is -2.28. The van der Waals surface area contributed by atoms with Gasteiger partial charge in [0.05, 0.1) is 7.11 Å². The van der Waals surface area contributed by atoms with Gasteiger partial charge in [0.2, 0.25) is 5.88 Å². The minimum atomic E-state index is -0.926. The molecule has 0 spiro atoms. The first-order valence-corrected chi connectivity index (χ1v) is 5.30. The minimum absolute atomic E-state index is 0.308. The molecule has 1 heterocycles. The lowest BCUT2D eigenvalue weighted by Crippen LogP contribution is -2.38. The number of aliphatic hydroxyl groups is 1. The molecule has 1 aromatic heterocycles. The maximum atomic E-state index is 11.8. The molecule has 0 radical (unpaired) electrons. The van der Waals surface area contributed by atoms with Crippen molar-refractivity contribution in [3.8, 4) is 5.88 Å². The van der Waals surface area contributed by atoms with E-state index in [2.05, 4.69) is 9.73 Å². The molecule has 0 unspecified atom stereocenters. The molecule has 0 aliphatic carbocycles. The standard InChI is InChI=1S/C11H13N3O6/c1-13-8(16)6(9(17)14(2)11(13)19)4-12-7(5-15)10(18)20-3/h4-5,15-16H,1-3H3/b7-5-,12-4?. The number of carbonyl (C=O) groups excluding carboxylic acids is 1. The molecule has 0 aliphatic heterocycles. The number of nitrogens with zero attached hydrogens (tertiary/aromatic N) is 3. The second kappa shape index (κ2) is 5.87. The zero-order valence-electron chi connectivity index (χ0n) is 11.0. The van der Waals surface area contributed by atoms with Crippen molar-refractivity contribution in [3.63, 3.8) is 0 Å². The number of hydrogen-bond donors (Lipinski definition) is 2. The van der Waals surface area contributed by atoms with Crippen LogP contribution in [0.4, 0.5) is 0 Å². The van der Waals surface area contributed by atoms with Crippen molar-refractivity contribution >= 4 is 12.2 Å². The van der Waals surface area contributed by atoms with Crippen molar-refractivity contribution in [1.82, 2.24) is 9.13 Å². The molecular formula is C11H13N3O6. The summed E-state index contributed by atoms with van der Waals surface area (Å²) in [6.45, 7) is 0. The van der Waals surface area contributed by atoms with Crippen molar-refractivity contribution in [2.45, 2.75) is 0 Å². The van der Waals surface area contributed by atoms with Crippen LogP contribution >= 0.6 is 0 Å². The summed E-state index contributed by atoms with van der Waals surface area (Å²) in [6, 6.07) is 0. The van der Waals surface area contributed by atoms with E-state index in [0.29, 0.717) is 6.26 Å². The number of esters is 1. The van der Waals surface area contributed by atoms with Crippen molar-refractivity contribution in [2.75, 3.05) is 7.11 Å². The van der Waals surface area contributed by atoms with Gasteiger partial charge in [0.25, 0.3) is 5.56 Å². The summed E-state index contributed by atoms with van der Waals surface area (Å²) in [4.78, 5) is 38.0. The van der Waals surface area contributed by atoms with E-state index in [4.69, 9.17) is 5.11 Å². The average Bonchev–Trinajstić information content (AvgIpc) is 2.46. The third-order valence-corrected chi connectivity index (χ3v) is 2.52. The summed E-state index contributed by atoms with van der Waals surface area (Å²) in [5, 5.41) is 18.5. The van der Waals surface area contributed by atoms with Gasteiger partial charge >= 0.3 is 11.7 Å². The normalized spacial score (nSPS) is 11.8. The van der Waals surface area contributed by atoms with Gasteiger partial charge in [-0.3, -0.25) is 13.9 Å². The molecule has 108 valence electrons. The van der Waals surface area contributed by atoms with Gasteiger partial charge in [-0.15, -0.1) is 0 Å². The molecule has 0 atom stereocenters. The van der Waals surface area contributed by atoms with Crippen LogP contribution in [0.1, 0.15) is 5.56 Å². The van der Waals surface area contributed by atoms with E-state index in [1.165, 1.54) is 14.1 Å². The molecular weight excluding hydrogens is 270 g/mol. The number of aliphatic hydroxyl groups excluding tert-OH is 1. The number of aromatic nitrogens is 2. The first-order valence-electron chi connectivity index (χ1n) is 5.30. The van der Waals surface area contributed by atoms with Crippen molar-refractivity contribution in [2.24, 2.45) is 19.1 Å². The number of aliphatic imine (C=N–C) groups is 1. The molecule has 0 bridgehead atoms. The van der Waals surface area contributed by atoms with E-state index in [9.17, 15) is 19.5 Å². The van der Waals surface area contributed by atoms with Gasteiger partial charge in [-0.2, -0.15) is 0 Å². The molecule has 0 fully saturated rings. The molecule has 1 aromatic rings. The molecule has 0 saturated heterocycles. The fourth-order valence-electron chi connectivity index (χ4n) is 1.35. The van der Waals surface area contributed by atoms with Crippen LogP contribution in [-0.4, -0.2) is 38.6 Å². The lowest BCUT2D eigenvalue weighted by molar-refractivity contribution is -0.136. The smallest absolute Gasteiger partial charge is 0.359 e. The van der Waals surface area contributed by atoms with E-state index in [1.807, 2.05) is 0 Å². The summed E-state index contributed by atoms with van der Waals surface area (Å²) in [7, 11) is 3.58. The maximum absolute atomic E-state index is 11.8. The van der Waals surface area contributed by atoms with Crippen LogP contribution < -0.4 is 11.2 Å². The van der Waals surface area contributed by atoms with Crippen LogP contribution in [-0.2, 0) is 23.6 Å². The predicted molar refractivity (Wildman–Crippen MR) is 68.9 cm³/mol. The summed E-state index contributed by atoms with van der Waals surface area (Å²) in [5.74, 6) is -1.53. The fraction of sp³-hybridized carbons (Fsp3) is 0.273. The van der Waals surface area contributed by atoms with Crippen molar-refractivity contribution in [1.29, 1.82) is 0 Å². The highest BCUT2D eigenvalue weighted by Gasteiger charge is 2.14. The highest BCUT2D eigenvalue weighted by atomic mass is 16.5. The first-order chi connectivity index (χ1) is 9.34. The number of ether oxygens (including phenoxy) is 1. The highest BCUT2D eigenvalue weighted by Crippen LogP contribution is 2.07. The lowest BCUT2D eigenvalue weighted by atomic mass is 10.3. The summed E-state index contributed by atoms with van der Waals surface area (Å²) < 4.78 is 5.94. The lowest BCUT2D eigenvalue weighted by Gasteiger charge is -2.07. The molecule has 0 saturated carbocycles. The molecule has 1 rings (SSSR count). The van der Waals surface area contributed by atoms with Crippen LogP contribution in [0.5, 0.6) is 5.88 Å². The summed E-state index contributed by atoms with van der Waals surface area (Å²) >= 11 is 0. The van der Waals surface area contributed by atoms with Gasteiger partial charge in [0, 0.05) is 20.3 Å². The quantitative estimate of drug-likeness (QED) is 0.310. The van der Waals surface area contributed by atoms with E-state index in [1.54, 1.807) is 0 Å². The molecule has 20 heavy (non-hydrogen) atoms. The second-order valence-electron chi connectivity index (χ2n) is 3.71. The maximum Gasteiger partial charge on any atom is 0.359 e. The number of aromatic hydroxyl groups is 1. The number of methoxy groups -OCH3 is 1. The Morgan fingerprint density at radius 1 is 1.30 bits per heavy atom.